The quantitative estimate of drug-likeness (QED) is 0.704. The van der Waals surface area contributed by atoms with Crippen molar-refractivity contribution < 1.29 is 13.2 Å². The molecule has 32 heavy (non-hydrogen) atoms. The van der Waals surface area contributed by atoms with Gasteiger partial charge in [-0.25, -0.2) is 27.7 Å². The number of nitrogens with zero attached hydrogens (tertiary/aromatic N) is 6. The number of aromatic nitrogens is 3. The molecule has 174 valence electrons. The van der Waals surface area contributed by atoms with Crippen LogP contribution in [0.3, 0.4) is 0 Å². The summed E-state index contributed by atoms with van der Waals surface area (Å²) in [6.45, 7) is 7.30. The molecule has 1 N–H and O–H groups in total. The van der Waals surface area contributed by atoms with Crippen LogP contribution in [0.2, 0.25) is 0 Å². The molecule has 0 unspecified atom stereocenters. The fourth-order valence-electron chi connectivity index (χ4n) is 4.98. The van der Waals surface area contributed by atoms with Gasteiger partial charge in [-0.1, -0.05) is 0 Å². The van der Waals surface area contributed by atoms with E-state index in [0.717, 1.165) is 68.0 Å². The lowest BCUT2D eigenvalue weighted by atomic mass is 9.91. The summed E-state index contributed by atoms with van der Waals surface area (Å²) >= 11 is 0. The first-order chi connectivity index (χ1) is 15.2. The predicted molar refractivity (Wildman–Crippen MR) is 124 cm³/mol. The molecule has 10 nitrogen and oxygen atoms in total. The van der Waals surface area contributed by atoms with Crippen LogP contribution in [0, 0.1) is 6.92 Å². The maximum absolute atomic E-state index is 11.7. The van der Waals surface area contributed by atoms with Gasteiger partial charge in [0.05, 0.1) is 26.0 Å². The average molecular weight is 462 g/mol. The third-order valence-electron chi connectivity index (χ3n) is 6.63. The normalized spacial score (nSPS) is 22.9. The van der Waals surface area contributed by atoms with Crippen molar-refractivity contribution in [1.29, 1.82) is 0 Å². The van der Waals surface area contributed by atoms with E-state index in [9.17, 15) is 8.42 Å². The lowest BCUT2D eigenvalue weighted by Gasteiger charge is -2.53. The predicted octanol–water partition coefficient (Wildman–Crippen LogP) is 0.690. The number of anilines is 2. The zero-order chi connectivity index (χ0) is 22.5. The third-order valence-corrected chi connectivity index (χ3v) is 7.93. The smallest absolute Gasteiger partial charge is 0.223 e. The van der Waals surface area contributed by atoms with Gasteiger partial charge >= 0.3 is 0 Å². The first-order valence-electron chi connectivity index (χ1n) is 11.1. The summed E-state index contributed by atoms with van der Waals surface area (Å²) in [6, 6.07) is 2.15. The second-order valence-corrected chi connectivity index (χ2v) is 11.4. The Hall–Kier alpha value is -2.08. The van der Waals surface area contributed by atoms with Crippen molar-refractivity contribution in [2.24, 2.45) is 0 Å². The molecule has 1 spiro atoms. The highest BCUT2D eigenvalue weighted by molar-refractivity contribution is 7.88. The van der Waals surface area contributed by atoms with Crippen LogP contribution in [0.25, 0.3) is 10.9 Å². The molecule has 2 aromatic rings. The first-order valence-corrected chi connectivity index (χ1v) is 13.0. The van der Waals surface area contributed by atoms with Crippen LogP contribution >= 0.6 is 0 Å². The monoisotopic (exact) mass is 461 g/mol. The number of ether oxygens (including phenoxy) is 1. The van der Waals surface area contributed by atoms with Crippen molar-refractivity contribution in [3.05, 3.63) is 18.0 Å². The number of sulfonamides is 1. The van der Waals surface area contributed by atoms with Crippen molar-refractivity contribution in [3.63, 3.8) is 0 Å². The molecule has 5 heterocycles. The number of morpholine rings is 1. The summed E-state index contributed by atoms with van der Waals surface area (Å²) in [6.07, 6.45) is 4.56. The largest absolute Gasteiger partial charge is 0.369 e. The van der Waals surface area contributed by atoms with Gasteiger partial charge in [0, 0.05) is 49.5 Å². The lowest BCUT2D eigenvalue weighted by molar-refractivity contribution is -0.117. The summed E-state index contributed by atoms with van der Waals surface area (Å²) in [5.41, 5.74) is 1.65. The Morgan fingerprint density at radius 3 is 2.59 bits per heavy atom. The molecule has 3 fully saturated rings. The highest BCUT2D eigenvalue weighted by Crippen LogP contribution is 2.35. The summed E-state index contributed by atoms with van der Waals surface area (Å²) in [7, 11) is -0.997. The molecule has 0 bridgehead atoms. The molecule has 0 saturated carbocycles. The van der Waals surface area contributed by atoms with Crippen LogP contribution in [-0.2, 0) is 14.8 Å². The van der Waals surface area contributed by atoms with Crippen LogP contribution < -0.4 is 10.2 Å². The van der Waals surface area contributed by atoms with Crippen LogP contribution in [0.15, 0.2) is 12.3 Å². The molecule has 3 saturated heterocycles. The van der Waals surface area contributed by atoms with Gasteiger partial charge in [0.25, 0.3) is 0 Å². The maximum atomic E-state index is 11.7. The number of rotatable bonds is 4. The zero-order valence-corrected chi connectivity index (χ0v) is 19.7. The van der Waals surface area contributed by atoms with E-state index in [0.29, 0.717) is 19.0 Å². The fraction of sp³-hybridized carbons (Fsp3) is 0.667. The number of nitrogens with one attached hydrogen (secondary N) is 1. The highest BCUT2D eigenvalue weighted by atomic mass is 32.2. The van der Waals surface area contributed by atoms with E-state index in [4.69, 9.17) is 14.7 Å². The summed E-state index contributed by atoms with van der Waals surface area (Å²) in [5.74, 6) is 1.44. The van der Waals surface area contributed by atoms with Crippen molar-refractivity contribution >= 4 is 32.7 Å². The van der Waals surface area contributed by atoms with Crippen LogP contribution in [-0.4, -0.2) is 103 Å². The van der Waals surface area contributed by atoms with Gasteiger partial charge in [0.1, 0.15) is 11.1 Å². The minimum absolute atomic E-state index is 0.119. The second-order valence-electron chi connectivity index (χ2n) is 9.42. The summed E-state index contributed by atoms with van der Waals surface area (Å²) in [5, 5.41) is 4.37. The van der Waals surface area contributed by atoms with E-state index < -0.39 is 10.0 Å². The Balaban J connectivity index is 1.33. The number of likely N-dealkylation sites (N-methyl/N-ethyl adjacent to an activating group) is 1. The molecule has 0 aliphatic carbocycles. The van der Waals surface area contributed by atoms with Crippen molar-refractivity contribution in [2.75, 3.05) is 69.4 Å². The Morgan fingerprint density at radius 2 is 1.91 bits per heavy atom. The van der Waals surface area contributed by atoms with Gasteiger partial charge in [-0.2, -0.15) is 0 Å². The molecule has 5 rings (SSSR count). The van der Waals surface area contributed by atoms with Crippen LogP contribution in [0.4, 0.5) is 11.8 Å². The molecule has 0 radical (unpaired) electrons. The number of hydrogen-bond acceptors (Lipinski definition) is 9. The highest BCUT2D eigenvalue weighted by Gasteiger charge is 2.47. The van der Waals surface area contributed by atoms with Crippen LogP contribution in [0.1, 0.15) is 18.5 Å². The molecule has 0 atom stereocenters. The van der Waals surface area contributed by atoms with Gasteiger partial charge in [0.15, 0.2) is 5.82 Å². The fourth-order valence-corrected chi connectivity index (χ4v) is 5.86. The zero-order valence-electron chi connectivity index (χ0n) is 18.9. The van der Waals surface area contributed by atoms with Crippen LogP contribution in [0.5, 0.6) is 0 Å². The molecule has 3 aliphatic heterocycles. The Bertz CT molecular complexity index is 1110. The molecule has 0 amide bonds. The van der Waals surface area contributed by atoms with E-state index in [2.05, 4.69) is 27.1 Å². The van der Waals surface area contributed by atoms with Gasteiger partial charge in [0.2, 0.25) is 16.0 Å². The standard InChI is InChI=1S/C21H31N7O3S/c1-15-10-16-11-22-20(24-17-4-6-28(7-5-17)32(3,29)30)25-18(16)19(23-15)27-13-21(14-27)12-26(2)8-9-31-21/h10-11,17H,4-9,12-14H2,1-3H3,(H,22,24,25). The maximum Gasteiger partial charge on any atom is 0.223 e. The minimum Gasteiger partial charge on any atom is -0.369 e. The topological polar surface area (TPSA) is 104 Å². The minimum atomic E-state index is -3.13. The summed E-state index contributed by atoms with van der Waals surface area (Å²) in [4.78, 5) is 18.7. The number of fused-ring (bicyclic) bond motifs is 1. The number of pyridine rings is 1. The van der Waals surface area contributed by atoms with E-state index >= 15 is 0 Å². The molecule has 3 aliphatic rings. The summed E-state index contributed by atoms with van der Waals surface area (Å²) < 4.78 is 31.1. The Labute approximate surface area is 189 Å². The van der Waals surface area contributed by atoms with Gasteiger partial charge in [-0.05, 0) is 32.9 Å². The van der Waals surface area contributed by atoms with E-state index in [1.165, 1.54) is 10.6 Å². The number of piperidine rings is 1. The molecule has 2 aromatic heterocycles. The lowest BCUT2D eigenvalue weighted by Crippen LogP contribution is -2.70. The van der Waals surface area contributed by atoms with Crippen molar-refractivity contribution in [2.45, 2.75) is 31.4 Å². The first kappa shape index (κ1) is 21.7. The van der Waals surface area contributed by atoms with E-state index in [1.54, 1.807) is 0 Å². The van der Waals surface area contributed by atoms with E-state index in [1.807, 2.05) is 19.2 Å². The van der Waals surface area contributed by atoms with Gasteiger partial charge < -0.3 is 19.9 Å². The number of aryl methyl sites for hydroxylation is 1. The second kappa shape index (κ2) is 8.05. The van der Waals surface area contributed by atoms with Gasteiger partial charge in [-0.3, -0.25) is 0 Å². The van der Waals surface area contributed by atoms with Gasteiger partial charge in [-0.15, -0.1) is 0 Å². The number of hydrogen-bond donors (Lipinski definition) is 1. The molecular formula is C21H31N7O3S. The van der Waals surface area contributed by atoms with E-state index in [-0.39, 0.29) is 11.6 Å². The molecule has 11 heteroatoms. The average Bonchev–Trinajstić information content (AvgIpc) is 2.71. The van der Waals surface area contributed by atoms with Crippen molar-refractivity contribution in [3.8, 4) is 0 Å². The Morgan fingerprint density at radius 1 is 1.16 bits per heavy atom. The SMILES string of the molecule is Cc1cc2cnc(NC3CCN(S(C)(=O)=O)CC3)nc2c(N2CC3(CN(C)CCO3)C2)n1. The molecular weight excluding hydrogens is 430 g/mol. The molecule has 0 aromatic carbocycles. The van der Waals surface area contributed by atoms with Crippen molar-refractivity contribution in [1.82, 2.24) is 24.2 Å². The Kier molecular flexibility index (Phi) is 5.47. The third kappa shape index (κ3) is 4.26.